The molecule has 0 bridgehead atoms. The topological polar surface area (TPSA) is 50.3 Å². The number of rotatable bonds is 5. The van der Waals surface area contributed by atoms with Gasteiger partial charge in [-0.1, -0.05) is 0 Å². The molecule has 0 atom stereocenters. The van der Waals surface area contributed by atoms with Gasteiger partial charge in [0.25, 0.3) is 0 Å². The van der Waals surface area contributed by atoms with E-state index in [1.54, 1.807) is 7.11 Å². The van der Waals surface area contributed by atoms with E-state index < -0.39 is 0 Å². The first kappa shape index (κ1) is 12.1. The smallest absolute Gasteiger partial charge is 0.158 e. The highest BCUT2D eigenvalue weighted by Gasteiger charge is 2.15. The molecule has 1 saturated heterocycles. The molecule has 5 heteroatoms. The summed E-state index contributed by atoms with van der Waals surface area (Å²) < 4.78 is 5.11. The number of ether oxygens (including phenoxy) is 1. The van der Waals surface area contributed by atoms with E-state index in [-0.39, 0.29) is 0 Å². The largest absolute Gasteiger partial charge is 0.377 e. The maximum atomic E-state index is 5.11. The second kappa shape index (κ2) is 5.82. The molecule has 2 heterocycles. The van der Waals surface area contributed by atoms with Gasteiger partial charge in [0.15, 0.2) is 5.82 Å². The molecule has 1 N–H and O–H groups in total. The Morgan fingerprint density at radius 1 is 1.35 bits per heavy atom. The molecule has 1 aromatic heterocycles. The van der Waals surface area contributed by atoms with Gasteiger partial charge in [0, 0.05) is 32.8 Å². The van der Waals surface area contributed by atoms with Crippen LogP contribution < -0.4 is 10.2 Å². The lowest BCUT2D eigenvalue weighted by molar-refractivity contribution is 0.178. The van der Waals surface area contributed by atoms with Gasteiger partial charge in [-0.05, 0) is 19.8 Å². The summed E-state index contributed by atoms with van der Waals surface area (Å²) in [7, 11) is 1.67. The van der Waals surface area contributed by atoms with Gasteiger partial charge in [-0.3, -0.25) is 0 Å². The van der Waals surface area contributed by atoms with Gasteiger partial charge in [0.2, 0.25) is 0 Å². The summed E-state index contributed by atoms with van der Waals surface area (Å²) in [4.78, 5) is 11.3. The summed E-state index contributed by atoms with van der Waals surface area (Å²) >= 11 is 0. The number of hydrogen-bond donors (Lipinski definition) is 1. The quantitative estimate of drug-likeness (QED) is 0.842. The van der Waals surface area contributed by atoms with E-state index in [2.05, 4.69) is 27.1 Å². The standard InChI is InChI=1S/C12H20N4O/c1-3-13-10-8-12(16-6-4-5-7-16)15-11(14-10)9-17-2/h8H,3-7,9H2,1-2H3,(H,13,14,15). The van der Waals surface area contributed by atoms with E-state index >= 15 is 0 Å². The number of aromatic nitrogens is 2. The lowest BCUT2D eigenvalue weighted by Crippen LogP contribution is -2.20. The summed E-state index contributed by atoms with van der Waals surface area (Å²) in [6.45, 7) is 5.57. The molecule has 1 aliphatic heterocycles. The van der Waals surface area contributed by atoms with Crippen molar-refractivity contribution in [2.45, 2.75) is 26.4 Å². The van der Waals surface area contributed by atoms with Crippen LogP contribution in [0.1, 0.15) is 25.6 Å². The van der Waals surface area contributed by atoms with Crippen LogP contribution in [0.2, 0.25) is 0 Å². The van der Waals surface area contributed by atoms with Gasteiger partial charge < -0.3 is 15.0 Å². The highest BCUT2D eigenvalue weighted by Crippen LogP contribution is 2.20. The van der Waals surface area contributed by atoms with Crippen molar-refractivity contribution < 1.29 is 4.74 Å². The van der Waals surface area contributed by atoms with Gasteiger partial charge >= 0.3 is 0 Å². The minimum Gasteiger partial charge on any atom is -0.377 e. The molecule has 0 spiro atoms. The van der Waals surface area contributed by atoms with E-state index in [0.29, 0.717) is 6.61 Å². The Morgan fingerprint density at radius 2 is 2.12 bits per heavy atom. The lowest BCUT2D eigenvalue weighted by Gasteiger charge is -2.18. The molecule has 0 unspecified atom stereocenters. The highest BCUT2D eigenvalue weighted by atomic mass is 16.5. The van der Waals surface area contributed by atoms with Crippen molar-refractivity contribution in [2.24, 2.45) is 0 Å². The fourth-order valence-electron chi connectivity index (χ4n) is 2.06. The Bertz CT molecular complexity index is 339. The average Bonchev–Trinajstić information content (AvgIpc) is 2.83. The normalized spacial score (nSPS) is 15.3. The third-order valence-corrected chi connectivity index (χ3v) is 2.82. The first-order valence-electron chi connectivity index (χ1n) is 6.19. The predicted octanol–water partition coefficient (Wildman–Crippen LogP) is 1.65. The van der Waals surface area contributed by atoms with E-state index in [1.807, 2.05) is 6.07 Å². The Kier molecular flexibility index (Phi) is 4.14. The van der Waals surface area contributed by atoms with Crippen LogP contribution in [0, 0.1) is 0 Å². The fourth-order valence-corrected chi connectivity index (χ4v) is 2.06. The molecule has 5 nitrogen and oxygen atoms in total. The van der Waals surface area contributed by atoms with Gasteiger partial charge in [0.1, 0.15) is 18.2 Å². The average molecular weight is 236 g/mol. The van der Waals surface area contributed by atoms with Crippen LogP contribution in [0.5, 0.6) is 0 Å². The minimum absolute atomic E-state index is 0.458. The van der Waals surface area contributed by atoms with Crippen molar-refractivity contribution in [3.63, 3.8) is 0 Å². The van der Waals surface area contributed by atoms with Crippen molar-refractivity contribution >= 4 is 11.6 Å². The zero-order valence-corrected chi connectivity index (χ0v) is 10.6. The van der Waals surface area contributed by atoms with Crippen LogP contribution >= 0.6 is 0 Å². The van der Waals surface area contributed by atoms with Gasteiger partial charge in [-0.15, -0.1) is 0 Å². The van der Waals surface area contributed by atoms with Crippen LogP contribution in [-0.2, 0) is 11.3 Å². The van der Waals surface area contributed by atoms with Crippen LogP contribution in [0.4, 0.5) is 11.6 Å². The zero-order chi connectivity index (χ0) is 12.1. The Morgan fingerprint density at radius 3 is 2.76 bits per heavy atom. The summed E-state index contributed by atoms with van der Waals surface area (Å²) in [6.07, 6.45) is 2.50. The van der Waals surface area contributed by atoms with E-state index in [0.717, 1.165) is 37.1 Å². The second-order valence-corrected chi connectivity index (χ2v) is 4.19. The molecule has 0 amide bonds. The van der Waals surface area contributed by atoms with Crippen LogP contribution in [0.15, 0.2) is 6.07 Å². The summed E-state index contributed by atoms with van der Waals surface area (Å²) in [5.74, 6) is 2.64. The van der Waals surface area contributed by atoms with Crippen LogP contribution in [-0.4, -0.2) is 36.7 Å². The Hall–Kier alpha value is -1.36. The molecule has 17 heavy (non-hydrogen) atoms. The van der Waals surface area contributed by atoms with Crippen molar-refractivity contribution in [3.05, 3.63) is 11.9 Å². The summed E-state index contributed by atoms with van der Waals surface area (Å²) in [6, 6.07) is 2.02. The van der Waals surface area contributed by atoms with E-state index in [9.17, 15) is 0 Å². The van der Waals surface area contributed by atoms with E-state index in [4.69, 9.17) is 4.74 Å². The molecule has 0 radical (unpaired) electrons. The summed E-state index contributed by atoms with van der Waals surface area (Å²) in [5, 5.41) is 3.24. The first-order chi connectivity index (χ1) is 8.33. The molecule has 0 aliphatic carbocycles. The fraction of sp³-hybridized carbons (Fsp3) is 0.667. The number of methoxy groups -OCH3 is 1. The Labute approximate surface area is 102 Å². The Balaban J connectivity index is 2.22. The molecule has 2 rings (SSSR count). The predicted molar refractivity (Wildman–Crippen MR) is 68.4 cm³/mol. The second-order valence-electron chi connectivity index (χ2n) is 4.19. The highest BCUT2D eigenvalue weighted by molar-refractivity contribution is 5.49. The first-order valence-corrected chi connectivity index (χ1v) is 6.19. The number of anilines is 2. The number of nitrogens with one attached hydrogen (secondary N) is 1. The maximum Gasteiger partial charge on any atom is 0.158 e. The van der Waals surface area contributed by atoms with Crippen molar-refractivity contribution in [1.82, 2.24) is 9.97 Å². The third kappa shape index (κ3) is 3.06. The summed E-state index contributed by atoms with van der Waals surface area (Å²) in [5.41, 5.74) is 0. The SMILES string of the molecule is CCNc1cc(N2CCCC2)nc(COC)n1. The van der Waals surface area contributed by atoms with Crippen molar-refractivity contribution in [1.29, 1.82) is 0 Å². The van der Waals surface area contributed by atoms with E-state index in [1.165, 1.54) is 12.8 Å². The molecule has 94 valence electrons. The number of hydrogen-bond acceptors (Lipinski definition) is 5. The minimum atomic E-state index is 0.458. The molecule has 1 aromatic rings. The molecule has 0 aromatic carbocycles. The van der Waals surface area contributed by atoms with Crippen LogP contribution in [0.3, 0.4) is 0 Å². The molecular formula is C12H20N4O. The molecular weight excluding hydrogens is 216 g/mol. The maximum absolute atomic E-state index is 5.11. The van der Waals surface area contributed by atoms with Crippen molar-refractivity contribution in [3.8, 4) is 0 Å². The monoisotopic (exact) mass is 236 g/mol. The molecule has 0 saturated carbocycles. The third-order valence-electron chi connectivity index (χ3n) is 2.82. The lowest BCUT2D eigenvalue weighted by atomic mass is 10.4. The number of nitrogens with zero attached hydrogens (tertiary/aromatic N) is 3. The van der Waals surface area contributed by atoms with Crippen LogP contribution in [0.25, 0.3) is 0 Å². The molecule has 1 fully saturated rings. The molecule has 1 aliphatic rings. The van der Waals surface area contributed by atoms with Gasteiger partial charge in [-0.2, -0.15) is 0 Å². The van der Waals surface area contributed by atoms with Crippen molar-refractivity contribution in [2.75, 3.05) is 37.0 Å². The zero-order valence-electron chi connectivity index (χ0n) is 10.6. The van der Waals surface area contributed by atoms with Gasteiger partial charge in [-0.25, -0.2) is 9.97 Å². The van der Waals surface area contributed by atoms with Gasteiger partial charge in [0.05, 0.1) is 0 Å².